The van der Waals surface area contributed by atoms with Gasteiger partial charge in [0.1, 0.15) is 0 Å². The van der Waals surface area contributed by atoms with Crippen LogP contribution in [0.15, 0.2) is 48.5 Å². The second-order valence-electron chi connectivity index (χ2n) is 6.16. The molecule has 0 saturated heterocycles. The number of aryl methyl sites for hydroxylation is 1. The van der Waals surface area contributed by atoms with Crippen LogP contribution in [0.3, 0.4) is 0 Å². The van der Waals surface area contributed by atoms with Gasteiger partial charge in [-0.15, -0.1) is 0 Å². The Morgan fingerprint density at radius 1 is 0.905 bits per heavy atom. The third-order valence-electron chi connectivity index (χ3n) is 4.83. The van der Waals surface area contributed by atoms with Crippen LogP contribution in [-0.2, 0) is 13.0 Å². The van der Waals surface area contributed by atoms with Crippen LogP contribution in [0.5, 0.6) is 0 Å². The van der Waals surface area contributed by atoms with Gasteiger partial charge in [-0.1, -0.05) is 62.4 Å². The molecule has 0 fully saturated rings. The molecule has 2 aromatic rings. The molecule has 0 spiro atoms. The summed E-state index contributed by atoms with van der Waals surface area (Å²) >= 11 is 0. The summed E-state index contributed by atoms with van der Waals surface area (Å²) in [7, 11) is 0. The van der Waals surface area contributed by atoms with Crippen LogP contribution < -0.4 is 5.32 Å². The van der Waals surface area contributed by atoms with Gasteiger partial charge in [0.05, 0.1) is 0 Å². The minimum atomic E-state index is 0.502. The second-order valence-corrected chi connectivity index (χ2v) is 6.16. The van der Waals surface area contributed by atoms with Crippen molar-refractivity contribution in [3.8, 4) is 0 Å². The fourth-order valence-corrected chi connectivity index (χ4v) is 3.52. The van der Waals surface area contributed by atoms with Gasteiger partial charge in [0.15, 0.2) is 0 Å². The van der Waals surface area contributed by atoms with Gasteiger partial charge in [0, 0.05) is 12.6 Å². The molecular formula is C20H25N. The van der Waals surface area contributed by atoms with Gasteiger partial charge in [0.2, 0.25) is 0 Å². The molecule has 1 N–H and O–H groups in total. The van der Waals surface area contributed by atoms with Gasteiger partial charge in [-0.05, 0) is 47.4 Å². The van der Waals surface area contributed by atoms with Crippen LogP contribution in [0.4, 0.5) is 0 Å². The van der Waals surface area contributed by atoms with E-state index >= 15 is 0 Å². The van der Waals surface area contributed by atoms with Gasteiger partial charge >= 0.3 is 0 Å². The summed E-state index contributed by atoms with van der Waals surface area (Å²) in [4.78, 5) is 0. The molecule has 21 heavy (non-hydrogen) atoms. The molecule has 0 aromatic heterocycles. The van der Waals surface area contributed by atoms with Crippen LogP contribution >= 0.6 is 0 Å². The summed E-state index contributed by atoms with van der Waals surface area (Å²) in [6.07, 6.45) is 3.63. The molecule has 0 heterocycles. The largest absolute Gasteiger partial charge is 0.306 e. The molecule has 1 nitrogen and oxygen atoms in total. The molecule has 0 amide bonds. The SMILES string of the molecule is CCc1ccccc1CNC1CCC(C)c2ccccc21. The molecule has 3 rings (SSSR count). The minimum absolute atomic E-state index is 0.502. The van der Waals surface area contributed by atoms with E-state index in [-0.39, 0.29) is 0 Å². The highest BCUT2D eigenvalue weighted by atomic mass is 14.9. The third kappa shape index (κ3) is 3.03. The lowest BCUT2D eigenvalue weighted by Crippen LogP contribution is -2.26. The molecule has 0 aliphatic heterocycles. The summed E-state index contributed by atoms with van der Waals surface area (Å²) < 4.78 is 0. The van der Waals surface area contributed by atoms with Crippen molar-refractivity contribution in [2.45, 2.75) is 51.6 Å². The maximum atomic E-state index is 3.79. The molecule has 2 atom stereocenters. The number of nitrogens with one attached hydrogen (secondary N) is 1. The first-order valence-corrected chi connectivity index (χ1v) is 8.18. The second kappa shape index (κ2) is 6.44. The Balaban J connectivity index is 1.76. The lowest BCUT2D eigenvalue weighted by Gasteiger charge is -2.30. The molecule has 1 heteroatoms. The maximum absolute atomic E-state index is 3.79. The van der Waals surface area contributed by atoms with Crippen molar-refractivity contribution in [1.82, 2.24) is 5.32 Å². The van der Waals surface area contributed by atoms with Crippen molar-refractivity contribution < 1.29 is 0 Å². The quantitative estimate of drug-likeness (QED) is 0.832. The minimum Gasteiger partial charge on any atom is -0.306 e. The van der Waals surface area contributed by atoms with E-state index in [1.54, 1.807) is 0 Å². The third-order valence-corrected chi connectivity index (χ3v) is 4.83. The van der Waals surface area contributed by atoms with E-state index in [0.29, 0.717) is 12.0 Å². The molecule has 2 aromatic carbocycles. The van der Waals surface area contributed by atoms with Crippen molar-refractivity contribution in [3.05, 3.63) is 70.8 Å². The van der Waals surface area contributed by atoms with Gasteiger partial charge in [0.25, 0.3) is 0 Å². The summed E-state index contributed by atoms with van der Waals surface area (Å²) in [5.41, 5.74) is 5.94. The van der Waals surface area contributed by atoms with Crippen molar-refractivity contribution in [1.29, 1.82) is 0 Å². The first-order chi connectivity index (χ1) is 10.3. The Morgan fingerprint density at radius 2 is 1.57 bits per heavy atom. The Morgan fingerprint density at radius 3 is 2.33 bits per heavy atom. The van der Waals surface area contributed by atoms with Crippen LogP contribution in [0.2, 0.25) is 0 Å². The van der Waals surface area contributed by atoms with E-state index in [2.05, 4.69) is 67.7 Å². The molecule has 1 aliphatic carbocycles. The Hall–Kier alpha value is -1.60. The van der Waals surface area contributed by atoms with E-state index in [1.807, 2.05) is 0 Å². The van der Waals surface area contributed by atoms with Crippen LogP contribution in [-0.4, -0.2) is 0 Å². The van der Waals surface area contributed by atoms with E-state index in [0.717, 1.165) is 13.0 Å². The predicted molar refractivity (Wildman–Crippen MR) is 89.5 cm³/mol. The van der Waals surface area contributed by atoms with Crippen LogP contribution in [0.1, 0.15) is 60.9 Å². The Bertz CT molecular complexity index is 602. The standard InChI is InChI=1S/C20H25N/c1-3-16-8-4-5-9-17(16)14-21-20-13-12-15(2)18-10-6-7-11-19(18)20/h4-11,15,20-21H,3,12-14H2,1-2H3. The lowest BCUT2D eigenvalue weighted by molar-refractivity contribution is 0.430. The number of hydrogen-bond donors (Lipinski definition) is 1. The normalized spacial score (nSPS) is 21.0. The zero-order valence-corrected chi connectivity index (χ0v) is 13.1. The molecule has 0 saturated carbocycles. The molecule has 0 bridgehead atoms. The van der Waals surface area contributed by atoms with Crippen molar-refractivity contribution in [2.75, 3.05) is 0 Å². The van der Waals surface area contributed by atoms with Crippen molar-refractivity contribution in [2.24, 2.45) is 0 Å². The Labute approximate surface area is 128 Å². The summed E-state index contributed by atoms with van der Waals surface area (Å²) in [5.74, 6) is 0.696. The zero-order chi connectivity index (χ0) is 14.7. The zero-order valence-electron chi connectivity index (χ0n) is 13.1. The smallest absolute Gasteiger partial charge is 0.0326 e. The summed E-state index contributed by atoms with van der Waals surface area (Å²) in [6.45, 7) is 5.55. The van der Waals surface area contributed by atoms with Crippen LogP contribution in [0.25, 0.3) is 0 Å². The highest BCUT2D eigenvalue weighted by Crippen LogP contribution is 2.37. The fraction of sp³-hybridized carbons (Fsp3) is 0.400. The molecular weight excluding hydrogens is 254 g/mol. The number of fused-ring (bicyclic) bond motifs is 1. The predicted octanol–water partition coefficient (Wildman–Crippen LogP) is 4.98. The van der Waals surface area contributed by atoms with E-state index in [9.17, 15) is 0 Å². The van der Waals surface area contributed by atoms with Crippen molar-refractivity contribution >= 4 is 0 Å². The van der Waals surface area contributed by atoms with Gasteiger partial charge in [-0.3, -0.25) is 0 Å². The van der Waals surface area contributed by atoms with E-state index < -0.39 is 0 Å². The van der Waals surface area contributed by atoms with Crippen LogP contribution in [0, 0.1) is 0 Å². The number of hydrogen-bond acceptors (Lipinski definition) is 1. The highest BCUT2D eigenvalue weighted by Gasteiger charge is 2.23. The molecule has 2 unspecified atom stereocenters. The van der Waals surface area contributed by atoms with Gasteiger partial charge in [-0.25, -0.2) is 0 Å². The maximum Gasteiger partial charge on any atom is 0.0326 e. The number of benzene rings is 2. The fourth-order valence-electron chi connectivity index (χ4n) is 3.52. The Kier molecular flexibility index (Phi) is 4.40. The summed E-state index contributed by atoms with van der Waals surface area (Å²) in [6, 6.07) is 18.2. The average Bonchev–Trinajstić information content (AvgIpc) is 2.55. The molecule has 110 valence electrons. The molecule has 1 aliphatic rings. The molecule has 0 radical (unpaired) electrons. The first kappa shape index (κ1) is 14.3. The lowest BCUT2D eigenvalue weighted by atomic mass is 9.81. The highest BCUT2D eigenvalue weighted by molar-refractivity contribution is 5.35. The van der Waals surface area contributed by atoms with E-state index in [1.165, 1.54) is 35.1 Å². The number of rotatable bonds is 4. The van der Waals surface area contributed by atoms with Gasteiger partial charge < -0.3 is 5.32 Å². The summed E-state index contributed by atoms with van der Waals surface area (Å²) in [5, 5.41) is 3.79. The first-order valence-electron chi connectivity index (χ1n) is 8.18. The van der Waals surface area contributed by atoms with Gasteiger partial charge in [-0.2, -0.15) is 0 Å². The van der Waals surface area contributed by atoms with E-state index in [4.69, 9.17) is 0 Å². The van der Waals surface area contributed by atoms with Crippen molar-refractivity contribution in [3.63, 3.8) is 0 Å². The topological polar surface area (TPSA) is 12.0 Å². The monoisotopic (exact) mass is 279 g/mol. The average molecular weight is 279 g/mol.